The van der Waals surface area contributed by atoms with Crippen molar-refractivity contribution in [1.82, 2.24) is 0 Å². The third-order valence-electron chi connectivity index (χ3n) is 5.27. The molecule has 3 rings (SSSR count). The number of nitrogens with one attached hydrogen (secondary N) is 1. The lowest BCUT2D eigenvalue weighted by Crippen LogP contribution is -2.35. The fourth-order valence-electron chi connectivity index (χ4n) is 3.93. The van der Waals surface area contributed by atoms with Crippen LogP contribution in [-0.4, -0.2) is 13.2 Å². The Morgan fingerprint density at radius 2 is 1.76 bits per heavy atom. The van der Waals surface area contributed by atoms with Gasteiger partial charge in [0.05, 0.1) is 18.6 Å². The zero-order valence-electron chi connectivity index (χ0n) is 15.3. The minimum atomic E-state index is -0.394. The number of hydrogen-bond donors (Lipinski definition) is 1. The maximum Gasteiger partial charge on any atom is 0.119 e. The van der Waals surface area contributed by atoms with Gasteiger partial charge in [-0.05, 0) is 80.5 Å². The van der Waals surface area contributed by atoms with Gasteiger partial charge in [-0.3, -0.25) is 0 Å². The van der Waals surface area contributed by atoms with Gasteiger partial charge in [0.25, 0.3) is 0 Å². The summed E-state index contributed by atoms with van der Waals surface area (Å²) in [4.78, 5) is 0. The number of nitrogens with zero attached hydrogens (tertiary/aromatic N) is 1. The van der Waals surface area contributed by atoms with Gasteiger partial charge in [0.1, 0.15) is 5.75 Å². The highest BCUT2D eigenvalue weighted by molar-refractivity contribution is 5.49. The molecule has 0 radical (unpaired) electrons. The number of methoxy groups -OCH3 is 1. The number of ether oxygens (including phenoxy) is 1. The summed E-state index contributed by atoms with van der Waals surface area (Å²) in [5.41, 5.74) is 4.43. The summed E-state index contributed by atoms with van der Waals surface area (Å²) in [7, 11) is 1.67. The third-order valence-corrected chi connectivity index (χ3v) is 5.27. The van der Waals surface area contributed by atoms with E-state index in [1.807, 2.05) is 18.2 Å². The van der Waals surface area contributed by atoms with Crippen LogP contribution in [0.5, 0.6) is 5.75 Å². The molecule has 25 heavy (non-hydrogen) atoms. The van der Waals surface area contributed by atoms with Gasteiger partial charge in [0, 0.05) is 11.7 Å². The van der Waals surface area contributed by atoms with Gasteiger partial charge in [-0.2, -0.15) is 5.26 Å². The predicted molar refractivity (Wildman–Crippen MR) is 102 cm³/mol. The third kappa shape index (κ3) is 3.79. The molecule has 0 amide bonds. The second-order valence-electron chi connectivity index (χ2n) is 7.22. The first-order valence-corrected chi connectivity index (χ1v) is 8.95. The van der Waals surface area contributed by atoms with Gasteiger partial charge in [-0.15, -0.1) is 0 Å². The molecule has 1 saturated carbocycles. The van der Waals surface area contributed by atoms with Crippen LogP contribution in [0.2, 0.25) is 0 Å². The Kier molecular flexibility index (Phi) is 4.99. The zero-order chi connectivity index (χ0) is 17.9. The monoisotopic (exact) mass is 334 g/mol. The Hall–Kier alpha value is -2.47. The molecule has 0 aliphatic heterocycles. The van der Waals surface area contributed by atoms with Gasteiger partial charge < -0.3 is 10.1 Å². The molecule has 1 N–H and O–H groups in total. The van der Waals surface area contributed by atoms with E-state index in [1.54, 1.807) is 7.11 Å². The molecule has 1 aliphatic rings. The molecule has 2 aromatic rings. The van der Waals surface area contributed by atoms with E-state index in [1.165, 1.54) is 16.8 Å². The van der Waals surface area contributed by atoms with Crippen LogP contribution in [0.1, 0.15) is 42.4 Å². The minimum Gasteiger partial charge on any atom is -0.497 e. The van der Waals surface area contributed by atoms with Crippen LogP contribution in [0.25, 0.3) is 0 Å². The first-order chi connectivity index (χ1) is 12.0. The lowest BCUT2D eigenvalue weighted by molar-refractivity contribution is 0.342. The van der Waals surface area contributed by atoms with E-state index in [0.29, 0.717) is 6.04 Å². The summed E-state index contributed by atoms with van der Waals surface area (Å²) in [6.07, 6.45) is 3.74. The number of rotatable bonds is 4. The van der Waals surface area contributed by atoms with Crippen molar-refractivity contribution < 1.29 is 4.74 Å². The average Bonchev–Trinajstić information content (AvgIpc) is 2.62. The van der Waals surface area contributed by atoms with E-state index < -0.39 is 5.41 Å². The quantitative estimate of drug-likeness (QED) is 0.843. The van der Waals surface area contributed by atoms with Crippen LogP contribution < -0.4 is 10.1 Å². The molecule has 0 unspecified atom stereocenters. The average molecular weight is 334 g/mol. The highest BCUT2D eigenvalue weighted by atomic mass is 16.5. The first kappa shape index (κ1) is 17.4. The van der Waals surface area contributed by atoms with Crippen molar-refractivity contribution in [2.24, 2.45) is 0 Å². The Balaban J connectivity index is 1.72. The van der Waals surface area contributed by atoms with Crippen molar-refractivity contribution in [3.8, 4) is 11.8 Å². The summed E-state index contributed by atoms with van der Waals surface area (Å²) in [5.74, 6) is 0.822. The van der Waals surface area contributed by atoms with Crippen molar-refractivity contribution in [3.63, 3.8) is 0 Å². The molecule has 0 aromatic heterocycles. The number of nitriles is 1. The molecular formula is C22H26N2O. The van der Waals surface area contributed by atoms with Gasteiger partial charge in [0.15, 0.2) is 0 Å². The van der Waals surface area contributed by atoms with Crippen LogP contribution in [0, 0.1) is 25.2 Å². The Morgan fingerprint density at radius 1 is 1.08 bits per heavy atom. The summed E-state index contributed by atoms with van der Waals surface area (Å²) in [6, 6.07) is 17.6. The van der Waals surface area contributed by atoms with Crippen molar-refractivity contribution in [2.75, 3.05) is 12.4 Å². The van der Waals surface area contributed by atoms with E-state index in [4.69, 9.17) is 4.74 Å². The fraction of sp³-hybridized carbons (Fsp3) is 0.409. The molecule has 0 bridgehead atoms. The number of hydrogen-bond acceptors (Lipinski definition) is 3. The SMILES string of the molecule is COc1cccc([C@]2(C#N)CC[C@@H](Nc3cc(C)cc(C)c3)CC2)c1. The van der Waals surface area contributed by atoms with Crippen LogP contribution in [-0.2, 0) is 5.41 Å². The second-order valence-corrected chi connectivity index (χ2v) is 7.22. The van der Waals surface area contributed by atoms with Crippen LogP contribution in [0.4, 0.5) is 5.69 Å². The zero-order valence-corrected chi connectivity index (χ0v) is 15.3. The Labute approximate surface area is 150 Å². The van der Waals surface area contributed by atoms with E-state index in [-0.39, 0.29) is 0 Å². The molecule has 2 aromatic carbocycles. The van der Waals surface area contributed by atoms with Gasteiger partial charge >= 0.3 is 0 Å². The van der Waals surface area contributed by atoms with E-state index in [0.717, 1.165) is 37.0 Å². The standard InChI is InChI=1S/C22H26N2O/c1-16-11-17(2)13-20(12-16)24-19-7-9-22(15-23,10-8-19)18-5-4-6-21(14-18)25-3/h4-6,11-14,19,24H,7-10H2,1-3H3/t19-,22-. The lowest BCUT2D eigenvalue weighted by atomic mass is 9.69. The molecule has 0 saturated heterocycles. The Bertz CT molecular complexity index is 763. The lowest BCUT2D eigenvalue weighted by Gasteiger charge is -2.36. The smallest absolute Gasteiger partial charge is 0.119 e. The highest BCUT2D eigenvalue weighted by Gasteiger charge is 2.37. The van der Waals surface area contributed by atoms with Gasteiger partial charge in [0.2, 0.25) is 0 Å². The van der Waals surface area contributed by atoms with E-state index in [9.17, 15) is 5.26 Å². The van der Waals surface area contributed by atoms with Crippen molar-refractivity contribution in [1.29, 1.82) is 5.26 Å². The fourth-order valence-corrected chi connectivity index (χ4v) is 3.93. The molecular weight excluding hydrogens is 308 g/mol. The van der Waals surface area contributed by atoms with Crippen LogP contribution in [0.3, 0.4) is 0 Å². The van der Waals surface area contributed by atoms with Crippen LogP contribution in [0.15, 0.2) is 42.5 Å². The summed E-state index contributed by atoms with van der Waals surface area (Å²) >= 11 is 0. The maximum atomic E-state index is 9.90. The number of aryl methyl sites for hydroxylation is 2. The largest absolute Gasteiger partial charge is 0.497 e. The molecule has 0 heterocycles. The number of benzene rings is 2. The molecule has 3 heteroatoms. The topological polar surface area (TPSA) is 45.0 Å². The normalized spacial score (nSPS) is 22.9. The minimum absolute atomic E-state index is 0.394. The summed E-state index contributed by atoms with van der Waals surface area (Å²) < 4.78 is 5.34. The molecule has 0 spiro atoms. The molecule has 3 nitrogen and oxygen atoms in total. The van der Waals surface area contributed by atoms with Crippen LogP contribution >= 0.6 is 0 Å². The van der Waals surface area contributed by atoms with Crippen molar-refractivity contribution >= 4 is 5.69 Å². The molecule has 1 aliphatic carbocycles. The molecule has 0 atom stereocenters. The summed E-state index contributed by atoms with van der Waals surface area (Å²) in [5, 5.41) is 13.6. The van der Waals surface area contributed by atoms with E-state index in [2.05, 4.69) is 49.5 Å². The second kappa shape index (κ2) is 7.19. The van der Waals surface area contributed by atoms with E-state index >= 15 is 0 Å². The molecule has 1 fully saturated rings. The van der Waals surface area contributed by atoms with Gasteiger partial charge in [-0.1, -0.05) is 18.2 Å². The summed E-state index contributed by atoms with van der Waals surface area (Å²) in [6.45, 7) is 4.26. The maximum absolute atomic E-state index is 9.90. The first-order valence-electron chi connectivity index (χ1n) is 8.95. The number of anilines is 1. The van der Waals surface area contributed by atoms with Gasteiger partial charge in [-0.25, -0.2) is 0 Å². The highest BCUT2D eigenvalue weighted by Crippen LogP contribution is 2.40. The Morgan fingerprint density at radius 3 is 2.36 bits per heavy atom. The van der Waals surface area contributed by atoms with Crippen molar-refractivity contribution in [3.05, 3.63) is 59.2 Å². The molecule has 130 valence electrons. The van der Waals surface area contributed by atoms with Crippen molar-refractivity contribution in [2.45, 2.75) is 51.0 Å². The predicted octanol–water partition coefficient (Wildman–Crippen LogP) is 5.13.